The third-order valence-corrected chi connectivity index (χ3v) is 10.7. The molecule has 4 heteroatoms. The first kappa shape index (κ1) is 26.2. The van der Waals surface area contributed by atoms with E-state index in [1.165, 1.54) is 43.6 Å². The molecule has 0 aliphatic heterocycles. The monoisotopic (exact) mass is 638 g/mol. The Bertz CT molecular complexity index is 3050. The zero-order chi connectivity index (χ0) is 32.5. The second-order valence-electron chi connectivity index (χ2n) is 13.3. The van der Waals surface area contributed by atoms with Gasteiger partial charge in [0.25, 0.3) is 0 Å². The lowest BCUT2D eigenvalue weighted by molar-refractivity contribution is 0.633. The van der Waals surface area contributed by atoms with E-state index in [1.807, 2.05) is 0 Å². The van der Waals surface area contributed by atoms with Crippen molar-refractivity contribution < 1.29 is 8.83 Å². The van der Waals surface area contributed by atoms with Crippen molar-refractivity contribution in [1.29, 1.82) is 0 Å². The number of fused-ring (bicyclic) bond motifs is 16. The second-order valence-corrected chi connectivity index (χ2v) is 13.3. The summed E-state index contributed by atoms with van der Waals surface area (Å²) in [5.41, 5.74) is 10.1. The van der Waals surface area contributed by atoms with Crippen LogP contribution in [0.25, 0.3) is 110 Å². The van der Waals surface area contributed by atoms with Crippen molar-refractivity contribution in [3.8, 4) is 11.4 Å². The van der Waals surface area contributed by atoms with Gasteiger partial charge in [-0.15, -0.1) is 0 Å². The number of rotatable bonds is 2. The first-order valence-electron chi connectivity index (χ1n) is 17.0. The molecule has 12 aromatic rings. The summed E-state index contributed by atoms with van der Waals surface area (Å²) in [5.74, 6) is 0. The molecule has 0 saturated carbocycles. The van der Waals surface area contributed by atoms with E-state index in [0.29, 0.717) is 0 Å². The van der Waals surface area contributed by atoms with Crippen LogP contribution in [0, 0.1) is 0 Å². The Balaban J connectivity index is 1.14. The molecule has 0 fully saturated rings. The molecule has 4 nitrogen and oxygen atoms in total. The lowest BCUT2D eigenvalue weighted by Gasteiger charge is -2.08. The highest BCUT2D eigenvalue weighted by molar-refractivity contribution is 6.33. The summed E-state index contributed by atoms with van der Waals surface area (Å²) in [4.78, 5) is 0. The molecule has 0 bridgehead atoms. The quantitative estimate of drug-likeness (QED) is 0.189. The van der Waals surface area contributed by atoms with Gasteiger partial charge in [-0.25, -0.2) is 0 Å². The van der Waals surface area contributed by atoms with Crippen LogP contribution < -0.4 is 0 Å². The van der Waals surface area contributed by atoms with E-state index in [9.17, 15) is 0 Å². The van der Waals surface area contributed by atoms with Crippen LogP contribution in [0.15, 0.2) is 167 Å². The molecule has 232 valence electrons. The molecule has 4 aromatic heterocycles. The molecular weight excluding hydrogens is 613 g/mol. The Labute approximate surface area is 284 Å². The van der Waals surface area contributed by atoms with E-state index in [1.54, 1.807) is 0 Å². The van der Waals surface area contributed by atoms with Gasteiger partial charge in [-0.05, 0) is 59.3 Å². The Hall–Kier alpha value is -6.78. The fourth-order valence-corrected chi connectivity index (χ4v) is 8.62. The molecule has 0 N–H and O–H groups in total. The summed E-state index contributed by atoms with van der Waals surface area (Å²) in [6.45, 7) is 0. The minimum absolute atomic E-state index is 0.780. The fourth-order valence-electron chi connectivity index (χ4n) is 8.62. The van der Waals surface area contributed by atoms with Crippen molar-refractivity contribution in [2.45, 2.75) is 0 Å². The molecule has 0 atom stereocenters. The van der Waals surface area contributed by atoms with E-state index in [4.69, 9.17) is 8.83 Å². The predicted octanol–water partition coefficient (Wildman–Crippen LogP) is 12.8. The number of nitrogens with zero attached hydrogens (tertiary/aromatic N) is 2. The fraction of sp³-hybridized carbons (Fsp3) is 0. The van der Waals surface area contributed by atoms with E-state index in [-0.39, 0.29) is 0 Å². The molecular formula is C46H26N2O2. The number of hydrogen-bond acceptors (Lipinski definition) is 2. The number of furan rings is 2. The second kappa shape index (κ2) is 9.43. The van der Waals surface area contributed by atoms with Crippen molar-refractivity contribution in [1.82, 2.24) is 9.13 Å². The third kappa shape index (κ3) is 3.30. The predicted molar refractivity (Wildman–Crippen MR) is 207 cm³/mol. The number of hydrogen-bond donors (Lipinski definition) is 0. The summed E-state index contributed by atoms with van der Waals surface area (Å²) < 4.78 is 18.4. The molecule has 0 amide bonds. The largest absolute Gasteiger partial charge is 0.452 e. The zero-order valence-corrected chi connectivity index (χ0v) is 26.7. The van der Waals surface area contributed by atoms with Gasteiger partial charge < -0.3 is 18.0 Å². The molecule has 4 heterocycles. The highest BCUT2D eigenvalue weighted by atomic mass is 16.4. The number of aromatic nitrogens is 2. The minimum atomic E-state index is 0.780. The third-order valence-electron chi connectivity index (χ3n) is 10.7. The van der Waals surface area contributed by atoms with Crippen LogP contribution in [0.1, 0.15) is 0 Å². The number of benzene rings is 8. The molecule has 0 radical (unpaired) electrons. The van der Waals surface area contributed by atoms with Gasteiger partial charge in [0.2, 0.25) is 0 Å². The van der Waals surface area contributed by atoms with Crippen molar-refractivity contribution >= 4 is 98.3 Å². The first-order chi connectivity index (χ1) is 24.8. The number of para-hydroxylation sites is 4. The molecule has 0 aliphatic carbocycles. The maximum Gasteiger partial charge on any atom is 0.179 e. The van der Waals surface area contributed by atoms with Gasteiger partial charge in [0.05, 0.1) is 22.1 Å². The molecule has 0 unspecified atom stereocenters. The van der Waals surface area contributed by atoms with E-state index in [0.717, 1.165) is 66.0 Å². The van der Waals surface area contributed by atoms with Crippen LogP contribution in [0.3, 0.4) is 0 Å². The van der Waals surface area contributed by atoms with Crippen molar-refractivity contribution in [2.24, 2.45) is 0 Å². The molecule has 0 aliphatic rings. The Morgan fingerprint density at radius 3 is 0.980 bits per heavy atom. The van der Waals surface area contributed by atoms with Crippen molar-refractivity contribution in [2.75, 3.05) is 0 Å². The average molecular weight is 639 g/mol. The molecule has 12 rings (SSSR count). The van der Waals surface area contributed by atoms with Crippen molar-refractivity contribution in [3.05, 3.63) is 158 Å². The summed E-state index contributed by atoms with van der Waals surface area (Å²) >= 11 is 0. The van der Waals surface area contributed by atoms with E-state index < -0.39 is 0 Å². The Kier molecular flexibility index (Phi) is 4.94. The van der Waals surface area contributed by atoms with Gasteiger partial charge in [-0.3, -0.25) is 0 Å². The Morgan fingerprint density at radius 1 is 0.300 bits per heavy atom. The van der Waals surface area contributed by atoms with Crippen LogP contribution in [0.2, 0.25) is 0 Å². The van der Waals surface area contributed by atoms with Crippen LogP contribution >= 0.6 is 0 Å². The summed E-state index contributed by atoms with van der Waals surface area (Å²) in [6, 6.07) is 56.3. The molecule has 0 saturated heterocycles. The molecule has 0 spiro atoms. The van der Waals surface area contributed by atoms with Crippen molar-refractivity contribution in [3.63, 3.8) is 0 Å². The summed E-state index contributed by atoms with van der Waals surface area (Å²) in [5, 5.41) is 11.6. The van der Waals surface area contributed by atoms with Gasteiger partial charge in [0.15, 0.2) is 11.2 Å². The Morgan fingerprint density at radius 2 is 0.620 bits per heavy atom. The lowest BCUT2D eigenvalue weighted by atomic mass is 9.99. The van der Waals surface area contributed by atoms with Crippen LogP contribution in [0.4, 0.5) is 0 Å². The van der Waals surface area contributed by atoms with E-state index in [2.05, 4.69) is 167 Å². The zero-order valence-electron chi connectivity index (χ0n) is 26.7. The van der Waals surface area contributed by atoms with Gasteiger partial charge in [-0.1, -0.05) is 97.1 Å². The first-order valence-corrected chi connectivity index (χ1v) is 17.0. The topological polar surface area (TPSA) is 36.1 Å². The maximum atomic E-state index is 6.87. The van der Waals surface area contributed by atoms with Gasteiger partial charge in [-0.2, -0.15) is 0 Å². The average Bonchev–Trinajstić information content (AvgIpc) is 3.92. The van der Waals surface area contributed by atoms with Gasteiger partial charge in [0.1, 0.15) is 11.2 Å². The van der Waals surface area contributed by atoms with Gasteiger partial charge in [0, 0.05) is 66.6 Å². The summed E-state index contributed by atoms with van der Waals surface area (Å²) in [7, 11) is 0. The minimum Gasteiger partial charge on any atom is -0.452 e. The SMILES string of the molecule is c1ccc2c(c1)c1c3ccc(-n4c5ccccc5c5ccccc54)cc3oc1c1oc3cc(-n4c5ccccc5c5ccccc54)ccc3c21. The smallest absolute Gasteiger partial charge is 0.179 e. The standard InChI is InChI=1S/C46H26N2O2/c1-2-16-34-33(15-1)43-35-23-21-27(47-37-17-7-3-11-29(37)30-12-4-8-18-38(30)47)25-41(35)49-45(43)46-44(34)36-24-22-28(26-42(36)50-46)48-39-19-9-5-13-31(39)32-14-6-10-20-40(32)48/h1-26H. The lowest BCUT2D eigenvalue weighted by Crippen LogP contribution is -1.93. The maximum absolute atomic E-state index is 6.87. The normalized spacial score (nSPS) is 12.4. The van der Waals surface area contributed by atoms with Crippen LogP contribution in [0.5, 0.6) is 0 Å². The van der Waals surface area contributed by atoms with Crippen LogP contribution in [-0.2, 0) is 0 Å². The van der Waals surface area contributed by atoms with E-state index >= 15 is 0 Å². The highest BCUT2D eigenvalue weighted by Crippen LogP contribution is 2.46. The summed E-state index contributed by atoms with van der Waals surface area (Å²) in [6.07, 6.45) is 0. The molecule has 50 heavy (non-hydrogen) atoms. The van der Waals surface area contributed by atoms with Gasteiger partial charge >= 0.3 is 0 Å². The molecule has 8 aromatic carbocycles. The highest BCUT2D eigenvalue weighted by Gasteiger charge is 2.22. The van der Waals surface area contributed by atoms with Crippen LogP contribution in [-0.4, -0.2) is 9.13 Å².